The van der Waals surface area contributed by atoms with E-state index >= 15 is 0 Å². The Labute approximate surface area is 224 Å². The number of methoxy groups -OCH3 is 1. The third kappa shape index (κ3) is 5.44. The van der Waals surface area contributed by atoms with Crippen molar-refractivity contribution in [2.45, 2.75) is 70.0 Å². The van der Waals surface area contributed by atoms with Crippen molar-refractivity contribution in [2.75, 3.05) is 24.4 Å². The molecule has 2 saturated carbocycles. The first-order valence-electron chi connectivity index (χ1n) is 12.8. The molecule has 12 nitrogen and oxygen atoms in total. The summed E-state index contributed by atoms with van der Waals surface area (Å²) in [6.45, 7) is 5.24. The van der Waals surface area contributed by atoms with Gasteiger partial charge in [-0.05, 0) is 45.7 Å². The standard InChI is InChI=1S/C26H32FN7O5/c1-26(2,3)39-25(37)32(4)21-12-20(29-18-7-6-8-33(24(18)36)14-9-15(10-14)38-5)31-22-16(13-28-34(21)22)23(35)30-19-11-17(19)27/h6-8,12-15,17,19H,9-11H2,1-5H3,(H,29,31)(H,30,35)/t14?,15?,17-,19+/m0/s1. The van der Waals surface area contributed by atoms with Gasteiger partial charge in [-0.1, -0.05) is 0 Å². The van der Waals surface area contributed by atoms with Crippen LogP contribution in [0.3, 0.4) is 0 Å². The van der Waals surface area contributed by atoms with Crippen LogP contribution in [0.1, 0.15) is 56.4 Å². The van der Waals surface area contributed by atoms with Gasteiger partial charge in [-0.2, -0.15) is 9.61 Å². The Morgan fingerprint density at radius 2 is 1.95 bits per heavy atom. The molecule has 3 heterocycles. The van der Waals surface area contributed by atoms with E-state index in [1.807, 2.05) is 0 Å². The van der Waals surface area contributed by atoms with E-state index in [1.54, 1.807) is 50.8 Å². The van der Waals surface area contributed by atoms with Crippen molar-refractivity contribution in [3.05, 3.63) is 46.5 Å². The Morgan fingerprint density at radius 1 is 1.23 bits per heavy atom. The van der Waals surface area contributed by atoms with Gasteiger partial charge in [0.05, 0.1) is 18.3 Å². The third-order valence-electron chi connectivity index (χ3n) is 6.77. The Balaban J connectivity index is 1.52. The van der Waals surface area contributed by atoms with Crippen molar-refractivity contribution in [3.63, 3.8) is 0 Å². The molecule has 208 valence electrons. The van der Waals surface area contributed by atoms with Crippen molar-refractivity contribution in [2.24, 2.45) is 0 Å². The van der Waals surface area contributed by atoms with E-state index in [9.17, 15) is 18.8 Å². The molecule has 0 aromatic carbocycles. The Bertz CT molecular complexity index is 1470. The van der Waals surface area contributed by atoms with Crippen LogP contribution >= 0.6 is 0 Å². The molecule has 2 aliphatic carbocycles. The number of fused-ring (bicyclic) bond motifs is 1. The summed E-state index contributed by atoms with van der Waals surface area (Å²) in [6.07, 6.45) is 3.17. The average molecular weight is 542 g/mol. The fourth-order valence-corrected chi connectivity index (χ4v) is 4.38. The van der Waals surface area contributed by atoms with Gasteiger partial charge in [-0.3, -0.25) is 14.5 Å². The molecule has 3 aromatic heterocycles. The molecule has 0 bridgehead atoms. The topological polar surface area (TPSA) is 132 Å². The minimum absolute atomic E-state index is 0.0281. The van der Waals surface area contributed by atoms with Gasteiger partial charge in [0, 0.05) is 38.9 Å². The summed E-state index contributed by atoms with van der Waals surface area (Å²) in [5.74, 6) is -0.0929. The largest absolute Gasteiger partial charge is 0.443 e. The Morgan fingerprint density at radius 3 is 2.59 bits per heavy atom. The van der Waals surface area contributed by atoms with E-state index < -0.39 is 29.8 Å². The van der Waals surface area contributed by atoms with Gasteiger partial charge in [0.25, 0.3) is 11.5 Å². The first-order chi connectivity index (χ1) is 18.4. The molecule has 2 atom stereocenters. The fraction of sp³-hybridized carbons (Fsp3) is 0.500. The van der Waals surface area contributed by atoms with E-state index in [-0.39, 0.29) is 52.7 Å². The molecule has 2 fully saturated rings. The number of ether oxygens (including phenoxy) is 2. The molecule has 0 radical (unpaired) electrons. The number of rotatable bonds is 7. The lowest BCUT2D eigenvalue weighted by atomic mass is 9.89. The van der Waals surface area contributed by atoms with E-state index in [1.165, 1.54) is 28.7 Å². The minimum atomic E-state index is -1.08. The van der Waals surface area contributed by atoms with E-state index in [0.717, 1.165) is 12.8 Å². The SMILES string of the molecule is COC1CC(n2cccc(Nc3cc(N(C)C(=O)OC(C)(C)C)n4ncc(C(=O)N[C@@H]5C[C@@H]5F)c4n3)c2=O)C1. The highest BCUT2D eigenvalue weighted by Crippen LogP contribution is 2.33. The molecule has 0 aliphatic heterocycles. The summed E-state index contributed by atoms with van der Waals surface area (Å²) in [5.41, 5.74) is -0.501. The lowest BCUT2D eigenvalue weighted by Crippen LogP contribution is -2.37. The van der Waals surface area contributed by atoms with Gasteiger partial charge in [0.1, 0.15) is 34.7 Å². The van der Waals surface area contributed by atoms with Crippen molar-refractivity contribution in [1.82, 2.24) is 24.5 Å². The third-order valence-corrected chi connectivity index (χ3v) is 6.77. The molecule has 3 aromatic rings. The zero-order chi connectivity index (χ0) is 28.1. The highest BCUT2D eigenvalue weighted by atomic mass is 19.1. The second-order valence-electron chi connectivity index (χ2n) is 10.9. The smallest absolute Gasteiger partial charge is 0.415 e. The predicted molar refractivity (Wildman–Crippen MR) is 141 cm³/mol. The summed E-state index contributed by atoms with van der Waals surface area (Å²) < 4.78 is 27.3. The molecule has 0 spiro atoms. The molecule has 39 heavy (non-hydrogen) atoms. The Hall–Kier alpha value is -4.00. The number of hydrogen-bond acceptors (Lipinski definition) is 8. The van der Waals surface area contributed by atoms with Crippen LogP contribution in [0.15, 0.2) is 35.4 Å². The van der Waals surface area contributed by atoms with Crippen molar-refractivity contribution in [3.8, 4) is 0 Å². The maximum atomic E-state index is 13.4. The summed E-state index contributed by atoms with van der Waals surface area (Å²) >= 11 is 0. The van der Waals surface area contributed by atoms with Gasteiger partial charge in [-0.15, -0.1) is 0 Å². The number of alkyl halides is 1. The van der Waals surface area contributed by atoms with Gasteiger partial charge in [-0.25, -0.2) is 14.2 Å². The molecule has 13 heteroatoms. The average Bonchev–Trinajstić information content (AvgIpc) is 3.35. The number of nitrogens with zero attached hydrogens (tertiary/aromatic N) is 5. The summed E-state index contributed by atoms with van der Waals surface area (Å²) in [6, 6.07) is 4.40. The van der Waals surface area contributed by atoms with Crippen LogP contribution in [0, 0.1) is 0 Å². The number of halogens is 1. The highest BCUT2D eigenvalue weighted by Gasteiger charge is 2.39. The first kappa shape index (κ1) is 26.6. The maximum Gasteiger partial charge on any atom is 0.415 e. The van der Waals surface area contributed by atoms with Crippen LogP contribution in [0.4, 0.5) is 26.5 Å². The molecule has 0 saturated heterocycles. The molecular weight excluding hydrogens is 509 g/mol. The number of carbonyl (C=O) groups is 2. The first-order valence-corrected chi connectivity index (χ1v) is 12.8. The predicted octanol–water partition coefficient (Wildman–Crippen LogP) is 3.20. The second kappa shape index (κ2) is 9.95. The lowest BCUT2D eigenvalue weighted by Gasteiger charge is -2.35. The van der Waals surface area contributed by atoms with E-state index in [4.69, 9.17) is 9.47 Å². The van der Waals surface area contributed by atoms with E-state index in [2.05, 4.69) is 20.7 Å². The molecular formula is C26H32FN7O5. The molecule has 2 amide bonds. The van der Waals surface area contributed by atoms with Gasteiger partial charge in [0.2, 0.25) is 0 Å². The van der Waals surface area contributed by atoms with Crippen molar-refractivity contribution < 1.29 is 23.5 Å². The van der Waals surface area contributed by atoms with Crippen LogP contribution in [-0.2, 0) is 9.47 Å². The number of aromatic nitrogens is 4. The monoisotopic (exact) mass is 541 g/mol. The quantitative estimate of drug-likeness (QED) is 0.466. The highest BCUT2D eigenvalue weighted by molar-refractivity contribution is 6.01. The van der Waals surface area contributed by atoms with Crippen LogP contribution in [0.25, 0.3) is 5.65 Å². The summed E-state index contributed by atoms with van der Waals surface area (Å²) in [7, 11) is 3.16. The van der Waals surface area contributed by atoms with Crippen molar-refractivity contribution >= 4 is 35.0 Å². The normalized spacial score (nSPS) is 22.2. The Kier molecular flexibility index (Phi) is 6.79. The lowest BCUT2D eigenvalue weighted by molar-refractivity contribution is 0.00522. The molecule has 0 unspecified atom stereocenters. The maximum absolute atomic E-state index is 13.4. The van der Waals surface area contributed by atoms with Crippen LogP contribution in [0.2, 0.25) is 0 Å². The summed E-state index contributed by atoms with van der Waals surface area (Å²) in [5, 5.41) is 9.94. The molecule has 5 rings (SSSR count). The number of pyridine rings is 1. The number of hydrogen-bond donors (Lipinski definition) is 2. The van der Waals surface area contributed by atoms with Crippen LogP contribution < -0.4 is 21.1 Å². The molecule has 2 aliphatic rings. The number of carbonyl (C=O) groups excluding carboxylic acids is 2. The van der Waals surface area contributed by atoms with Gasteiger partial charge in [0.15, 0.2) is 5.65 Å². The number of nitrogens with one attached hydrogen (secondary N) is 2. The minimum Gasteiger partial charge on any atom is -0.443 e. The van der Waals surface area contributed by atoms with E-state index in [0.29, 0.717) is 0 Å². The molecule has 2 N–H and O–H groups in total. The number of amides is 2. The number of anilines is 3. The summed E-state index contributed by atoms with van der Waals surface area (Å²) in [4.78, 5) is 44.8. The second-order valence-corrected chi connectivity index (χ2v) is 10.9. The van der Waals surface area contributed by atoms with Gasteiger partial charge >= 0.3 is 6.09 Å². The zero-order valence-corrected chi connectivity index (χ0v) is 22.5. The zero-order valence-electron chi connectivity index (χ0n) is 22.5. The van der Waals surface area contributed by atoms with Crippen molar-refractivity contribution in [1.29, 1.82) is 0 Å². The fourth-order valence-electron chi connectivity index (χ4n) is 4.38. The van der Waals surface area contributed by atoms with Gasteiger partial charge < -0.3 is 24.7 Å². The van der Waals surface area contributed by atoms with Crippen LogP contribution in [0.5, 0.6) is 0 Å². The van der Waals surface area contributed by atoms with Crippen LogP contribution in [-0.4, -0.2) is 69.2 Å².